The van der Waals surface area contributed by atoms with E-state index in [4.69, 9.17) is 29.4 Å². The SMILES string of the molecule is COc1cc(C2C(C#N)=C(N)Oc3cc4c(cc32)OCCN4)cc(OC)c1OC. The summed E-state index contributed by atoms with van der Waals surface area (Å²) >= 11 is 0. The molecule has 0 spiro atoms. The summed E-state index contributed by atoms with van der Waals surface area (Å²) in [6.07, 6.45) is 0. The van der Waals surface area contributed by atoms with Crippen molar-refractivity contribution in [3.63, 3.8) is 0 Å². The van der Waals surface area contributed by atoms with Crippen LogP contribution in [0, 0.1) is 11.3 Å². The molecule has 2 aromatic carbocycles. The van der Waals surface area contributed by atoms with Gasteiger partial charge in [-0.2, -0.15) is 5.26 Å². The van der Waals surface area contributed by atoms with Crippen molar-refractivity contribution in [2.75, 3.05) is 39.8 Å². The van der Waals surface area contributed by atoms with Crippen LogP contribution in [0.1, 0.15) is 17.0 Å². The average molecular weight is 395 g/mol. The van der Waals surface area contributed by atoms with Crippen LogP contribution in [0.2, 0.25) is 0 Å². The van der Waals surface area contributed by atoms with Crippen molar-refractivity contribution in [3.05, 3.63) is 46.8 Å². The molecule has 4 rings (SSSR count). The Kier molecular flexibility index (Phi) is 4.72. The number of anilines is 1. The first-order valence-corrected chi connectivity index (χ1v) is 9.03. The summed E-state index contributed by atoms with van der Waals surface area (Å²) in [4.78, 5) is 0. The minimum atomic E-state index is -0.478. The van der Waals surface area contributed by atoms with Crippen molar-refractivity contribution in [2.45, 2.75) is 5.92 Å². The van der Waals surface area contributed by atoms with Gasteiger partial charge in [0, 0.05) is 18.2 Å². The zero-order valence-corrected chi connectivity index (χ0v) is 16.4. The highest BCUT2D eigenvalue weighted by molar-refractivity contribution is 5.68. The molecule has 0 saturated carbocycles. The molecule has 2 aromatic rings. The number of nitriles is 1. The quantitative estimate of drug-likeness (QED) is 0.814. The normalized spacial score (nSPS) is 17.0. The number of hydrogen-bond donors (Lipinski definition) is 2. The number of nitrogens with two attached hydrogens (primary N) is 1. The summed E-state index contributed by atoms with van der Waals surface area (Å²) in [5, 5.41) is 13.1. The summed E-state index contributed by atoms with van der Waals surface area (Å²) in [7, 11) is 4.63. The lowest BCUT2D eigenvalue weighted by Gasteiger charge is -2.29. The monoisotopic (exact) mass is 395 g/mol. The molecular formula is C21H21N3O5. The van der Waals surface area contributed by atoms with Gasteiger partial charge in [-0.25, -0.2) is 0 Å². The molecule has 150 valence electrons. The third kappa shape index (κ3) is 3.01. The lowest BCUT2D eigenvalue weighted by atomic mass is 9.83. The number of allylic oxidation sites excluding steroid dienone is 1. The molecule has 2 heterocycles. The van der Waals surface area contributed by atoms with Crippen LogP contribution < -0.4 is 34.7 Å². The first-order chi connectivity index (χ1) is 14.1. The maximum atomic E-state index is 9.81. The second-order valence-corrected chi connectivity index (χ2v) is 6.54. The Bertz CT molecular complexity index is 1020. The van der Waals surface area contributed by atoms with Gasteiger partial charge in [-0.15, -0.1) is 0 Å². The lowest BCUT2D eigenvalue weighted by Crippen LogP contribution is -2.23. The van der Waals surface area contributed by atoms with E-state index >= 15 is 0 Å². The van der Waals surface area contributed by atoms with Gasteiger partial charge in [0.05, 0.1) is 32.9 Å². The molecule has 0 aromatic heterocycles. The molecule has 2 aliphatic rings. The zero-order chi connectivity index (χ0) is 20.5. The number of ether oxygens (including phenoxy) is 5. The van der Waals surface area contributed by atoms with Crippen LogP contribution in [0.5, 0.6) is 28.7 Å². The average Bonchev–Trinajstić information content (AvgIpc) is 2.75. The second-order valence-electron chi connectivity index (χ2n) is 6.54. The van der Waals surface area contributed by atoms with E-state index in [1.54, 1.807) is 21.3 Å². The smallest absolute Gasteiger partial charge is 0.205 e. The van der Waals surface area contributed by atoms with Crippen LogP contribution in [0.15, 0.2) is 35.7 Å². The third-order valence-corrected chi connectivity index (χ3v) is 5.01. The van der Waals surface area contributed by atoms with Crippen molar-refractivity contribution in [2.24, 2.45) is 5.73 Å². The number of rotatable bonds is 4. The van der Waals surface area contributed by atoms with Crippen LogP contribution in [0.4, 0.5) is 5.69 Å². The van der Waals surface area contributed by atoms with Crippen LogP contribution in [0.3, 0.4) is 0 Å². The maximum absolute atomic E-state index is 9.81. The van der Waals surface area contributed by atoms with Crippen molar-refractivity contribution in [1.29, 1.82) is 5.26 Å². The fraction of sp³-hybridized carbons (Fsp3) is 0.286. The van der Waals surface area contributed by atoms with Crippen LogP contribution >= 0.6 is 0 Å². The molecule has 29 heavy (non-hydrogen) atoms. The lowest BCUT2D eigenvalue weighted by molar-refractivity contribution is 0.320. The molecule has 2 aliphatic heterocycles. The van der Waals surface area contributed by atoms with Gasteiger partial charge in [-0.3, -0.25) is 0 Å². The minimum absolute atomic E-state index is 0.0652. The van der Waals surface area contributed by atoms with Crippen molar-refractivity contribution >= 4 is 5.69 Å². The van der Waals surface area contributed by atoms with Gasteiger partial charge in [-0.05, 0) is 23.8 Å². The van der Waals surface area contributed by atoms with E-state index in [-0.39, 0.29) is 5.88 Å². The molecule has 0 bridgehead atoms. The molecular weight excluding hydrogens is 374 g/mol. The Hall–Kier alpha value is -3.73. The fourth-order valence-corrected chi connectivity index (χ4v) is 3.70. The molecule has 1 atom stereocenters. The molecule has 0 radical (unpaired) electrons. The third-order valence-electron chi connectivity index (χ3n) is 5.01. The molecule has 0 saturated heterocycles. The van der Waals surface area contributed by atoms with E-state index in [0.29, 0.717) is 47.5 Å². The summed E-state index contributed by atoms with van der Waals surface area (Å²) in [6.45, 7) is 1.27. The molecule has 3 N–H and O–H groups in total. The summed E-state index contributed by atoms with van der Waals surface area (Å²) in [6, 6.07) is 9.53. The highest BCUT2D eigenvalue weighted by Gasteiger charge is 2.33. The number of nitrogens with zero attached hydrogens (tertiary/aromatic N) is 1. The molecule has 0 fully saturated rings. The second kappa shape index (κ2) is 7.36. The summed E-state index contributed by atoms with van der Waals surface area (Å²) < 4.78 is 27.9. The number of fused-ring (bicyclic) bond motifs is 2. The number of methoxy groups -OCH3 is 3. The van der Waals surface area contributed by atoms with Gasteiger partial charge in [0.25, 0.3) is 0 Å². The van der Waals surface area contributed by atoms with E-state index in [1.807, 2.05) is 24.3 Å². The Morgan fingerprint density at radius 2 is 1.79 bits per heavy atom. The first kappa shape index (κ1) is 18.6. The zero-order valence-electron chi connectivity index (χ0n) is 16.4. The summed E-state index contributed by atoms with van der Waals surface area (Å²) in [5.74, 6) is 2.30. The van der Waals surface area contributed by atoms with Gasteiger partial charge in [0.2, 0.25) is 11.6 Å². The van der Waals surface area contributed by atoms with Crippen LogP contribution in [-0.4, -0.2) is 34.5 Å². The van der Waals surface area contributed by atoms with Crippen molar-refractivity contribution < 1.29 is 23.7 Å². The minimum Gasteiger partial charge on any atom is -0.493 e. The maximum Gasteiger partial charge on any atom is 0.205 e. The fourth-order valence-electron chi connectivity index (χ4n) is 3.70. The molecule has 8 nitrogen and oxygen atoms in total. The van der Waals surface area contributed by atoms with Crippen molar-refractivity contribution in [1.82, 2.24) is 0 Å². The number of benzene rings is 2. The van der Waals surface area contributed by atoms with Crippen molar-refractivity contribution in [3.8, 4) is 34.8 Å². The highest BCUT2D eigenvalue weighted by atomic mass is 16.5. The predicted octanol–water partition coefficient (Wildman–Crippen LogP) is 2.73. The largest absolute Gasteiger partial charge is 0.493 e. The van der Waals surface area contributed by atoms with E-state index in [0.717, 1.165) is 16.8 Å². The van der Waals surface area contributed by atoms with E-state index in [2.05, 4.69) is 11.4 Å². The van der Waals surface area contributed by atoms with E-state index in [9.17, 15) is 5.26 Å². The Morgan fingerprint density at radius 3 is 2.41 bits per heavy atom. The topological polar surface area (TPSA) is 108 Å². The first-order valence-electron chi connectivity index (χ1n) is 9.03. The van der Waals surface area contributed by atoms with Gasteiger partial charge in [0.15, 0.2) is 11.5 Å². The van der Waals surface area contributed by atoms with Gasteiger partial charge >= 0.3 is 0 Å². The van der Waals surface area contributed by atoms with E-state index in [1.165, 1.54) is 0 Å². The van der Waals surface area contributed by atoms with Gasteiger partial charge in [0.1, 0.15) is 29.7 Å². The van der Waals surface area contributed by atoms with E-state index < -0.39 is 5.92 Å². The Morgan fingerprint density at radius 1 is 1.07 bits per heavy atom. The molecule has 0 amide bonds. The molecule has 0 aliphatic carbocycles. The van der Waals surface area contributed by atoms with Gasteiger partial charge in [-0.1, -0.05) is 0 Å². The number of nitrogens with one attached hydrogen (secondary N) is 1. The van der Waals surface area contributed by atoms with Crippen LogP contribution in [0.25, 0.3) is 0 Å². The molecule has 1 unspecified atom stereocenters. The standard InChI is InChI=1S/C21H21N3O5/c1-25-17-6-11(7-18(26-2)20(17)27-3)19-12-8-16-14(24-4-5-28-16)9-15(12)29-21(23)13(19)10-22/h6-9,19,24H,4-5,23H2,1-3H3. The Labute approximate surface area is 168 Å². The Balaban J connectivity index is 1.94. The summed E-state index contributed by atoms with van der Waals surface area (Å²) in [5.41, 5.74) is 8.76. The highest BCUT2D eigenvalue weighted by Crippen LogP contribution is 2.49. The van der Waals surface area contributed by atoms with Crippen LogP contribution in [-0.2, 0) is 0 Å². The molecule has 8 heteroatoms. The number of hydrogen-bond acceptors (Lipinski definition) is 8. The predicted molar refractivity (Wildman–Crippen MR) is 106 cm³/mol. The van der Waals surface area contributed by atoms with Gasteiger partial charge < -0.3 is 34.7 Å².